The molecule has 0 heterocycles. The first-order valence-electron chi connectivity index (χ1n) is 1.66. The molecule has 7 nitrogen and oxygen atoms in total. The van der Waals surface area contributed by atoms with Crippen molar-refractivity contribution >= 4 is 45.2 Å². The Bertz CT molecular complexity index is 165. The molecule has 0 fully saturated rings. The molecule has 0 spiro atoms. The van der Waals surface area contributed by atoms with E-state index in [-0.39, 0.29) is 46.6 Å². The van der Waals surface area contributed by atoms with Crippen LogP contribution < -0.4 is 0 Å². The Morgan fingerprint density at radius 3 is 1.15 bits per heavy atom. The van der Waals surface area contributed by atoms with Crippen LogP contribution in [0, 0.1) is 0 Å². The second-order valence-electron chi connectivity index (χ2n) is 1.06. The maximum absolute atomic E-state index is 9.63. The summed E-state index contributed by atoms with van der Waals surface area (Å²) in [6.45, 7) is 0. The van der Waals surface area contributed by atoms with Gasteiger partial charge in [-0.1, -0.05) is 0 Å². The van der Waals surface area contributed by atoms with Gasteiger partial charge in [0, 0.05) is 17.1 Å². The summed E-state index contributed by atoms with van der Waals surface area (Å²) in [5, 5.41) is 0. The van der Waals surface area contributed by atoms with Crippen molar-refractivity contribution in [1.29, 1.82) is 0 Å². The second kappa shape index (κ2) is 11.3. The molecule has 0 rings (SSSR count). The van der Waals surface area contributed by atoms with Crippen molar-refractivity contribution in [2.45, 2.75) is 0 Å². The van der Waals surface area contributed by atoms with E-state index in [0.29, 0.717) is 0 Å². The molecule has 13 heteroatoms. The van der Waals surface area contributed by atoms with E-state index in [1.54, 1.807) is 0 Å². The van der Waals surface area contributed by atoms with Crippen LogP contribution in [-0.2, 0) is 58.9 Å². The average molecular weight is 369 g/mol. The third kappa shape index (κ3) is 31.3. The van der Waals surface area contributed by atoms with Crippen LogP contribution in [0.15, 0.2) is 0 Å². The third-order valence-corrected chi connectivity index (χ3v) is 1.91. The molecule has 0 saturated heterocycles. The van der Waals surface area contributed by atoms with Crippen LogP contribution in [0.2, 0.25) is 0 Å². The zero-order chi connectivity index (χ0) is 9.71. The summed E-state index contributed by atoms with van der Waals surface area (Å²) < 4.78 is 22.2. The van der Waals surface area contributed by atoms with Gasteiger partial charge in [0.2, 0.25) is 0 Å². The van der Waals surface area contributed by atoms with Gasteiger partial charge < -0.3 is 19.6 Å². The minimum atomic E-state index is -5.05. The summed E-state index contributed by atoms with van der Waals surface area (Å²) in [5.41, 5.74) is 0. The quantitative estimate of drug-likeness (QED) is 0.346. The van der Waals surface area contributed by atoms with Crippen molar-refractivity contribution in [2.24, 2.45) is 0 Å². The molecule has 0 aromatic rings. The Morgan fingerprint density at radius 2 is 1.15 bits per heavy atom. The van der Waals surface area contributed by atoms with E-state index in [4.69, 9.17) is 19.6 Å². The van der Waals surface area contributed by atoms with E-state index in [9.17, 15) is 9.13 Å². The van der Waals surface area contributed by atoms with Gasteiger partial charge in [0.25, 0.3) is 0 Å². The molecule has 0 atom stereocenters. The van der Waals surface area contributed by atoms with Crippen LogP contribution in [0.4, 0.5) is 0 Å². The Balaban J connectivity index is -0.0000000941. The molecule has 4 N–H and O–H groups in total. The van der Waals surface area contributed by atoms with E-state index < -0.39 is 15.6 Å². The normalized spacial score (nSPS) is 10.0. The summed E-state index contributed by atoms with van der Waals surface area (Å²) in [4.78, 5) is 31.0. The van der Waals surface area contributed by atoms with Gasteiger partial charge in [0.15, 0.2) is 0 Å². The van der Waals surface area contributed by atoms with Gasteiger partial charge in [-0.3, -0.25) is 0 Å². The molecule has 0 aliphatic heterocycles. The predicted molar refractivity (Wildman–Crippen MR) is 32.3 cm³/mol. The van der Waals surface area contributed by atoms with Crippen molar-refractivity contribution in [1.82, 2.24) is 0 Å². The summed E-state index contributed by atoms with van der Waals surface area (Å²) in [6, 6.07) is 0. The average Bonchev–Trinajstić information content (AvgIpc) is 1.60. The molecular formula is H5Fe2MnNaO7P2. The molecule has 0 aliphatic rings. The van der Waals surface area contributed by atoms with Gasteiger partial charge in [-0.05, 0) is 0 Å². The number of hydrogen-bond donors (Lipinski definition) is 4. The molecule has 0 amide bonds. The van der Waals surface area contributed by atoms with Crippen molar-refractivity contribution in [3.63, 3.8) is 0 Å². The SMILES string of the molecule is O=P(O)(O)OP(=O)(O)O.[Fe].[Mn][Fe].[NaH]. The molecule has 0 aromatic heterocycles. The maximum atomic E-state index is 9.63. The van der Waals surface area contributed by atoms with Crippen molar-refractivity contribution in [3.05, 3.63) is 0 Å². The van der Waals surface area contributed by atoms with E-state index in [2.05, 4.69) is 32.7 Å². The van der Waals surface area contributed by atoms with Crippen LogP contribution in [0.25, 0.3) is 0 Å². The van der Waals surface area contributed by atoms with Gasteiger partial charge in [0.1, 0.15) is 0 Å². The monoisotopic (exact) mass is 369 g/mol. The molecule has 0 unspecified atom stereocenters. The van der Waals surface area contributed by atoms with E-state index in [1.165, 1.54) is 0 Å². The van der Waals surface area contributed by atoms with Gasteiger partial charge in [-0.15, -0.1) is 0 Å². The third-order valence-electron chi connectivity index (χ3n) is 0.213. The zero-order valence-electron chi connectivity index (χ0n) is 4.99. The molecule has 0 bridgehead atoms. The standard InChI is InChI=1S/2Fe.Mn.Na.H4O7P2.H/c;;;;1-8(2,3)7-9(4,5)6;/h;;;;(H2,1,2,3)(H2,4,5,6);. The minimum absolute atomic E-state index is 0. The molecule has 81 valence electrons. The van der Waals surface area contributed by atoms with Crippen LogP contribution in [0.5, 0.6) is 0 Å². The van der Waals surface area contributed by atoms with Gasteiger partial charge in [-0.25, -0.2) is 9.13 Å². The van der Waals surface area contributed by atoms with Crippen molar-refractivity contribution in [2.75, 3.05) is 0 Å². The van der Waals surface area contributed by atoms with Gasteiger partial charge in [-0.2, -0.15) is 4.31 Å². The first-order chi connectivity index (χ1) is 4.71. The number of hydrogen-bond acceptors (Lipinski definition) is 3. The Hall–Kier alpha value is 2.82. The number of phosphoric acid groups is 2. The molecule has 0 radical (unpaired) electrons. The fourth-order valence-electron chi connectivity index (χ4n) is 0.139. The topological polar surface area (TPSA) is 124 Å². The van der Waals surface area contributed by atoms with Crippen LogP contribution in [0.1, 0.15) is 0 Å². The Kier molecular flexibility index (Phi) is 21.6. The Labute approximate surface area is 122 Å². The fraction of sp³-hybridized carbons (Fsp3) is 0. The molecule has 13 heavy (non-hydrogen) atoms. The predicted octanol–water partition coefficient (Wildman–Crippen LogP) is -1.47. The van der Waals surface area contributed by atoms with E-state index >= 15 is 0 Å². The first-order valence-corrected chi connectivity index (χ1v) is 6.86. The van der Waals surface area contributed by atoms with Crippen LogP contribution >= 0.6 is 15.6 Å². The van der Waals surface area contributed by atoms with Crippen LogP contribution in [-0.4, -0.2) is 49.1 Å². The van der Waals surface area contributed by atoms with Crippen molar-refractivity contribution in [3.8, 4) is 0 Å². The summed E-state index contributed by atoms with van der Waals surface area (Å²) in [5.74, 6) is 0. The fourth-order valence-corrected chi connectivity index (χ4v) is 1.25. The zero-order valence-corrected chi connectivity index (χ0v) is 10.2. The molecule has 0 aliphatic carbocycles. The second-order valence-corrected chi connectivity index (χ2v) is 3.68. The van der Waals surface area contributed by atoms with Gasteiger partial charge >= 0.3 is 73.6 Å². The van der Waals surface area contributed by atoms with E-state index in [0.717, 1.165) is 0 Å². The Morgan fingerprint density at radius 1 is 1.00 bits per heavy atom. The summed E-state index contributed by atoms with van der Waals surface area (Å²) in [7, 11) is -10.1. The molecular weight excluding hydrogens is 364 g/mol. The number of rotatable bonds is 2. The first kappa shape index (κ1) is 24.9. The summed E-state index contributed by atoms with van der Waals surface area (Å²) in [6.07, 6.45) is 0. The van der Waals surface area contributed by atoms with Gasteiger partial charge in [0.05, 0.1) is 0 Å². The van der Waals surface area contributed by atoms with E-state index in [1.807, 2.05) is 0 Å². The molecule has 0 saturated carbocycles. The van der Waals surface area contributed by atoms with Crippen LogP contribution in [0.3, 0.4) is 0 Å². The van der Waals surface area contributed by atoms with Crippen molar-refractivity contribution < 1.29 is 78.5 Å². The molecule has 0 aromatic carbocycles. The summed E-state index contributed by atoms with van der Waals surface area (Å²) >= 11 is 5.75.